The van der Waals surface area contributed by atoms with Crippen molar-refractivity contribution in [1.82, 2.24) is 15.0 Å². The number of nitrogens with zero attached hydrogens (tertiary/aromatic N) is 3. The van der Waals surface area contributed by atoms with E-state index in [9.17, 15) is 0 Å². The van der Waals surface area contributed by atoms with Crippen LogP contribution in [0.1, 0.15) is 0 Å². The van der Waals surface area contributed by atoms with Crippen LogP contribution in [0.25, 0.3) is 0 Å². The normalized spacial score (nSPS) is 9.82. The van der Waals surface area contributed by atoms with Crippen LogP contribution in [0, 0.1) is 0 Å². The van der Waals surface area contributed by atoms with E-state index < -0.39 is 0 Å². The highest BCUT2D eigenvalue weighted by atomic mass is 15.2. The summed E-state index contributed by atoms with van der Waals surface area (Å²) in [5.74, 6) is 2.25. The fraction of sp³-hybridized carbons (Fsp3) is 0. The first kappa shape index (κ1) is 13.9. The molecule has 6 nitrogen and oxygen atoms in total. The van der Waals surface area contributed by atoms with Gasteiger partial charge in [-0.25, -0.2) is 15.0 Å². The van der Waals surface area contributed by atoms with E-state index in [1.54, 1.807) is 18.6 Å². The standard InChI is InChI=1S/C15H15BN6/c1-4-10-17-13(7-1)20-16(21-14-8-2-5-11-18-14)22-15-9-3-6-12-19-15/h1-12H,(H,17,20)(H,18,21)(H,19,22). The van der Waals surface area contributed by atoms with Crippen molar-refractivity contribution in [3.05, 3.63) is 73.2 Å². The van der Waals surface area contributed by atoms with Crippen LogP contribution in [0.3, 0.4) is 0 Å². The molecule has 3 rings (SSSR count). The third-order valence-electron chi connectivity index (χ3n) is 2.87. The molecule has 0 aliphatic heterocycles. The van der Waals surface area contributed by atoms with Crippen molar-refractivity contribution in [2.75, 3.05) is 15.7 Å². The molecule has 0 atom stereocenters. The zero-order chi connectivity index (χ0) is 15.0. The first-order chi connectivity index (χ1) is 10.9. The molecule has 0 amide bonds. The molecule has 0 aromatic carbocycles. The van der Waals surface area contributed by atoms with Crippen molar-refractivity contribution in [3.63, 3.8) is 0 Å². The van der Waals surface area contributed by atoms with Gasteiger partial charge in [0.15, 0.2) is 0 Å². The Hall–Kier alpha value is -3.09. The second-order valence-corrected chi connectivity index (χ2v) is 4.51. The smallest absolute Gasteiger partial charge is 0.374 e. The highest BCUT2D eigenvalue weighted by Crippen LogP contribution is 2.08. The molecule has 3 N–H and O–H groups in total. The Morgan fingerprint density at radius 2 is 0.909 bits per heavy atom. The van der Waals surface area contributed by atoms with Gasteiger partial charge in [-0.05, 0) is 36.4 Å². The zero-order valence-electron chi connectivity index (χ0n) is 11.8. The summed E-state index contributed by atoms with van der Waals surface area (Å²) in [6.07, 6.45) is 5.21. The molecule has 0 radical (unpaired) electrons. The third-order valence-corrected chi connectivity index (χ3v) is 2.87. The van der Waals surface area contributed by atoms with Crippen molar-refractivity contribution in [1.29, 1.82) is 0 Å². The van der Waals surface area contributed by atoms with E-state index in [4.69, 9.17) is 0 Å². The number of hydrogen-bond acceptors (Lipinski definition) is 6. The average molecular weight is 290 g/mol. The number of anilines is 3. The van der Waals surface area contributed by atoms with Crippen molar-refractivity contribution in [3.8, 4) is 0 Å². The van der Waals surface area contributed by atoms with Gasteiger partial charge in [0, 0.05) is 18.6 Å². The summed E-state index contributed by atoms with van der Waals surface area (Å²) in [5, 5.41) is 9.79. The molecule has 3 aromatic heterocycles. The first-order valence-electron chi connectivity index (χ1n) is 6.93. The van der Waals surface area contributed by atoms with Gasteiger partial charge in [-0.2, -0.15) is 0 Å². The van der Waals surface area contributed by atoms with Gasteiger partial charge in [0.25, 0.3) is 0 Å². The minimum Gasteiger partial charge on any atom is -0.374 e. The number of aromatic nitrogens is 3. The lowest BCUT2D eigenvalue weighted by Gasteiger charge is -2.18. The maximum absolute atomic E-state index is 4.27. The van der Waals surface area contributed by atoms with Crippen LogP contribution in [0.15, 0.2) is 73.2 Å². The van der Waals surface area contributed by atoms with E-state index in [1.807, 2.05) is 54.6 Å². The van der Waals surface area contributed by atoms with Crippen LogP contribution in [0.4, 0.5) is 17.5 Å². The Balaban J connectivity index is 1.75. The minimum absolute atomic E-state index is 0.306. The van der Waals surface area contributed by atoms with Crippen molar-refractivity contribution >= 4 is 24.6 Å². The van der Waals surface area contributed by atoms with Crippen LogP contribution < -0.4 is 15.7 Å². The maximum Gasteiger partial charge on any atom is 0.500 e. The summed E-state index contributed by atoms with van der Waals surface area (Å²) in [6.45, 7) is 0. The summed E-state index contributed by atoms with van der Waals surface area (Å²) in [7, 11) is -0.306. The molecular formula is C15H15BN6. The van der Waals surface area contributed by atoms with Crippen LogP contribution in [0.5, 0.6) is 0 Å². The number of pyridine rings is 3. The van der Waals surface area contributed by atoms with Gasteiger partial charge in [0.1, 0.15) is 17.5 Å². The summed E-state index contributed by atoms with van der Waals surface area (Å²) in [4.78, 5) is 12.8. The van der Waals surface area contributed by atoms with Gasteiger partial charge in [0.05, 0.1) is 0 Å². The van der Waals surface area contributed by atoms with Gasteiger partial charge >= 0.3 is 7.12 Å². The molecular weight excluding hydrogens is 275 g/mol. The predicted octanol–water partition coefficient (Wildman–Crippen LogP) is 2.49. The lowest BCUT2D eigenvalue weighted by molar-refractivity contribution is 1.29. The fourth-order valence-electron chi connectivity index (χ4n) is 1.90. The van der Waals surface area contributed by atoms with Gasteiger partial charge in [0.2, 0.25) is 0 Å². The van der Waals surface area contributed by atoms with Crippen molar-refractivity contribution in [2.24, 2.45) is 0 Å². The molecule has 0 bridgehead atoms. The van der Waals surface area contributed by atoms with Gasteiger partial charge in [-0.15, -0.1) is 0 Å². The van der Waals surface area contributed by atoms with E-state index in [1.165, 1.54) is 0 Å². The third kappa shape index (κ3) is 3.95. The van der Waals surface area contributed by atoms with Crippen molar-refractivity contribution < 1.29 is 0 Å². The molecule has 0 unspecified atom stereocenters. The van der Waals surface area contributed by atoms with E-state index in [0.29, 0.717) is 0 Å². The van der Waals surface area contributed by atoms with Crippen molar-refractivity contribution in [2.45, 2.75) is 0 Å². The molecule has 3 aromatic rings. The molecule has 3 heterocycles. The van der Waals surface area contributed by atoms with E-state index >= 15 is 0 Å². The lowest BCUT2D eigenvalue weighted by Crippen LogP contribution is -2.43. The molecule has 0 fully saturated rings. The van der Waals surface area contributed by atoms with Gasteiger partial charge in [-0.1, -0.05) is 18.2 Å². The Kier molecular flexibility index (Phi) is 4.46. The molecule has 7 heteroatoms. The molecule has 0 aliphatic rings. The topological polar surface area (TPSA) is 74.8 Å². The SMILES string of the molecule is c1ccc(NB(Nc2ccccn2)Nc2ccccn2)nc1. The second kappa shape index (κ2) is 7.08. The average Bonchev–Trinajstić information content (AvgIpc) is 2.57. The highest BCUT2D eigenvalue weighted by Gasteiger charge is 2.18. The molecule has 0 saturated heterocycles. The Morgan fingerprint density at radius 1 is 0.545 bits per heavy atom. The van der Waals surface area contributed by atoms with Crippen LogP contribution in [0.2, 0.25) is 0 Å². The van der Waals surface area contributed by atoms with Crippen LogP contribution >= 0.6 is 0 Å². The molecule has 0 aliphatic carbocycles. The van der Waals surface area contributed by atoms with Gasteiger partial charge in [-0.3, -0.25) is 0 Å². The number of hydrogen-bond donors (Lipinski definition) is 3. The van der Waals surface area contributed by atoms with Crippen LogP contribution in [-0.2, 0) is 0 Å². The monoisotopic (exact) mass is 290 g/mol. The maximum atomic E-state index is 4.27. The van der Waals surface area contributed by atoms with Crippen LogP contribution in [-0.4, -0.2) is 22.1 Å². The summed E-state index contributed by atoms with van der Waals surface area (Å²) in [6, 6.07) is 17.1. The van der Waals surface area contributed by atoms with Gasteiger partial charge < -0.3 is 15.7 Å². The molecule has 0 spiro atoms. The summed E-state index contributed by atoms with van der Waals surface area (Å²) >= 11 is 0. The summed E-state index contributed by atoms with van der Waals surface area (Å²) in [5.41, 5.74) is 0. The predicted molar refractivity (Wildman–Crippen MR) is 89.3 cm³/mol. The number of nitrogens with one attached hydrogen (secondary N) is 3. The number of rotatable bonds is 6. The zero-order valence-corrected chi connectivity index (χ0v) is 11.8. The first-order valence-corrected chi connectivity index (χ1v) is 6.93. The summed E-state index contributed by atoms with van der Waals surface area (Å²) < 4.78 is 0. The van der Waals surface area contributed by atoms with E-state index in [-0.39, 0.29) is 7.12 Å². The Bertz CT molecular complexity index is 582. The molecule has 22 heavy (non-hydrogen) atoms. The Morgan fingerprint density at radius 3 is 1.18 bits per heavy atom. The minimum atomic E-state index is -0.306. The van der Waals surface area contributed by atoms with E-state index in [0.717, 1.165) is 17.5 Å². The molecule has 0 saturated carbocycles. The highest BCUT2D eigenvalue weighted by molar-refractivity contribution is 6.68. The lowest BCUT2D eigenvalue weighted by atomic mass is 9.93. The Labute approximate surface area is 129 Å². The molecule has 108 valence electrons. The largest absolute Gasteiger partial charge is 0.500 e. The quantitative estimate of drug-likeness (QED) is 0.606. The van der Waals surface area contributed by atoms with E-state index in [2.05, 4.69) is 30.6 Å². The fourth-order valence-corrected chi connectivity index (χ4v) is 1.90. The second-order valence-electron chi connectivity index (χ2n) is 4.51.